The molecule has 16 heavy (non-hydrogen) atoms. The third-order valence-electron chi connectivity index (χ3n) is 2.37. The highest BCUT2D eigenvalue weighted by Crippen LogP contribution is 2.13. The Morgan fingerprint density at radius 3 is 2.56 bits per heavy atom. The van der Waals surface area contributed by atoms with E-state index in [1.165, 1.54) is 0 Å². The summed E-state index contributed by atoms with van der Waals surface area (Å²) in [7, 11) is 0. The van der Waals surface area contributed by atoms with Gasteiger partial charge in [-0.05, 0) is 23.3 Å². The smallest absolute Gasteiger partial charge is 0.138 e. The molecule has 3 heteroatoms. The van der Waals surface area contributed by atoms with Crippen LogP contribution in [0.25, 0.3) is 0 Å². The van der Waals surface area contributed by atoms with Crippen LogP contribution in [0.15, 0.2) is 48.8 Å². The quantitative estimate of drug-likeness (QED) is 0.848. The van der Waals surface area contributed by atoms with Gasteiger partial charge >= 0.3 is 0 Å². The van der Waals surface area contributed by atoms with Crippen molar-refractivity contribution < 1.29 is 4.74 Å². The monoisotopic (exact) mass is 214 g/mol. The molecule has 0 amide bonds. The lowest BCUT2D eigenvalue weighted by Gasteiger charge is -2.09. The van der Waals surface area contributed by atoms with E-state index in [9.17, 15) is 0 Å². The topological polar surface area (TPSA) is 48.1 Å². The van der Waals surface area contributed by atoms with Gasteiger partial charge in [0.1, 0.15) is 12.4 Å². The molecule has 0 spiro atoms. The molecule has 0 fully saturated rings. The normalized spacial score (nSPS) is 10.1. The fourth-order valence-corrected chi connectivity index (χ4v) is 1.49. The Labute approximate surface area is 94.9 Å². The van der Waals surface area contributed by atoms with Crippen LogP contribution in [0.4, 0.5) is 0 Å². The van der Waals surface area contributed by atoms with Crippen molar-refractivity contribution in [2.24, 2.45) is 5.73 Å². The van der Waals surface area contributed by atoms with Crippen LogP contribution < -0.4 is 10.5 Å². The molecule has 3 nitrogen and oxygen atoms in total. The van der Waals surface area contributed by atoms with Gasteiger partial charge < -0.3 is 10.5 Å². The highest BCUT2D eigenvalue weighted by molar-refractivity contribution is 5.27. The van der Waals surface area contributed by atoms with Crippen molar-refractivity contribution in [1.29, 1.82) is 0 Å². The van der Waals surface area contributed by atoms with Crippen LogP contribution in [0, 0.1) is 0 Å². The Kier molecular flexibility index (Phi) is 3.51. The lowest BCUT2D eigenvalue weighted by Crippen LogP contribution is -2.04. The van der Waals surface area contributed by atoms with Crippen LogP contribution in [-0.4, -0.2) is 4.98 Å². The zero-order valence-corrected chi connectivity index (χ0v) is 8.97. The first-order valence-corrected chi connectivity index (χ1v) is 5.20. The Bertz CT molecular complexity index is 443. The molecule has 1 aromatic carbocycles. The third-order valence-corrected chi connectivity index (χ3v) is 2.37. The number of aromatic nitrogens is 1. The number of nitrogens with two attached hydrogens (primary N) is 1. The van der Waals surface area contributed by atoms with Gasteiger partial charge in [0.2, 0.25) is 0 Å². The fraction of sp³-hybridized carbons (Fsp3) is 0.154. The van der Waals surface area contributed by atoms with Crippen LogP contribution in [0.2, 0.25) is 0 Å². The molecule has 0 bridgehead atoms. The second-order valence-corrected chi connectivity index (χ2v) is 3.45. The van der Waals surface area contributed by atoms with E-state index in [0.29, 0.717) is 13.2 Å². The van der Waals surface area contributed by atoms with Crippen molar-refractivity contribution in [3.63, 3.8) is 0 Å². The standard InChI is InChI=1S/C13H14N2O/c14-8-11-4-1-2-5-12(11)10-16-13-6-3-7-15-9-13/h1-7,9H,8,10,14H2. The summed E-state index contributed by atoms with van der Waals surface area (Å²) < 4.78 is 5.62. The van der Waals surface area contributed by atoms with E-state index in [2.05, 4.69) is 4.98 Å². The molecule has 0 saturated carbocycles. The summed E-state index contributed by atoms with van der Waals surface area (Å²) in [6.07, 6.45) is 3.42. The Hall–Kier alpha value is -1.87. The summed E-state index contributed by atoms with van der Waals surface area (Å²) >= 11 is 0. The Morgan fingerprint density at radius 2 is 1.88 bits per heavy atom. The minimum absolute atomic E-state index is 0.527. The summed E-state index contributed by atoms with van der Waals surface area (Å²) in [5, 5.41) is 0. The van der Waals surface area contributed by atoms with E-state index >= 15 is 0 Å². The first kappa shape index (κ1) is 10.6. The molecule has 2 aromatic rings. The lowest BCUT2D eigenvalue weighted by molar-refractivity contribution is 0.304. The summed E-state index contributed by atoms with van der Waals surface area (Å²) in [6.45, 7) is 1.06. The third kappa shape index (κ3) is 2.58. The maximum Gasteiger partial charge on any atom is 0.138 e. The number of hydrogen-bond acceptors (Lipinski definition) is 3. The van der Waals surface area contributed by atoms with Gasteiger partial charge in [-0.1, -0.05) is 24.3 Å². The van der Waals surface area contributed by atoms with E-state index in [4.69, 9.17) is 10.5 Å². The lowest BCUT2D eigenvalue weighted by atomic mass is 10.1. The van der Waals surface area contributed by atoms with Gasteiger partial charge in [-0.15, -0.1) is 0 Å². The molecular weight excluding hydrogens is 200 g/mol. The van der Waals surface area contributed by atoms with Crippen LogP contribution in [0.1, 0.15) is 11.1 Å². The molecule has 2 N–H and O–H groups in total. The van der Waals surface area contributed by atoms with E-state index < -0.39 is 0 Å². The Morgan fingerprint density at radius 1 is 1.06 bits per heavy atom. The van der Waals surface area contributed by atoms with Crippen molar-refractivity contribution in [2.75, 3.05) is 0 Å². The van der Waals surface area contributed by atoms with Crippen molar-refractivity contribution in [1.82, 2.24) is 4.98 Å². The molecule has 82 valence electrons. The fourth-order valence-electron chi connectivity index (χ4n) is 1.49. The van der Waals surface area contributed by atoms with Crippen LogP contribution in [-0.2, 0) is 13.2 Å². The predicted molar refractivity (Wildman–Crippen MR) is 62.9 cm³/mol. The SMILES string of the molecule is NCc1ccccc1COc1cccnc1. The molecule has 0 atom stereocenters. The minimum Gasteiger partial charge on any atom is -0.487 e. The van der Waals surface area contributed by atoms with Crippen LogP contribution >= 0.6 is 0 Å². The molecular formula is C13H14N2O. The van der Waals surface area contributed by atoms with Gasteiger partial charge in [0.15, 0.2) is 0 Å². The van der Waals surface area contributed by atoms with Gasteiger partial charge in [-0.2, -0.15) is 0 Å². The van der Waals surface area contributed by atoms with E-state index in [0.717, 1.165) is 16.9 Å². The first-order valence-electron chi connectivity index (χ1n) is 5.20. The zero-order valence-electron chi connectivity index (χ0n) is 8.97. The van der Waals surface area contributed by atoms with Gasteiger partial charge in [-0.25, -0.2) is 0 Å². The molecule has 2 rings (SSSR count). The summed E-state index contributed by atoms with van der Waals surface area (Å²) in [5.41, 5.74) is 7.89. The van der Waals surface area contributed by atoms with Crippen molar-refractivity contribution in [2.45, 2.75) is 13.2 Å². The average molecular weight is 214 g/mol. The van der Waals surface area contributed by atoms with Crippen LogP contribution in [0.5, 0.6) is 5.75 Å². The van der Waals surface area contributed by atoms with Crippen LogP contribution in [0.3, 0.4) is 0 Å². The van der Waals surface area contributed by atoms with E-state index in [1.54, 1.807) is 12.4 Å². The predicted octanol–water partition coefficient (Wildman–Crippen LogP) is 2.12. The van der Waals surface area contributed by atoms with Gasteiger partial charge in [0.05, 0.1) is 6.20 Å². The average Bonchev–Trinajstić information content (AvgIpc) is 2.38. The number of nitrogens with zero attached hydrogens (tertiary/aromatic N) is 1. The molecule has 0 unspecified atom stereocenters. The number of pyridine rings is 1. The largest absolute Gasteiger partial charge is 0.487 e. The van der Waals surface area contributed by atoms with Crippen molar-refractivity contribution in [3.8, 4) is 5.75 Å². The summed E-state index contributed by atoms with van der Waals surface area (Å²) in [4.78, 5) is 3.99. The molecule has 0 aliphatic carbocycles. The number of hydrogen-bond donors (Lipinski definition) is 1. The highest BCUT2D eigenvalue weighted by atomic mass is 16.5. The second-order valence-electron chi connectivity index (χ2n) is 3.45. The maximum absolute atomic E-state index is 5.65. The summed E-state index contributed by atoms with van der Waals surface area (Å²) in [6, 6.07) is 11.7. The second kappa shape index (κ2) is 5.28. The number of ether oxygens (including phenoxy) is 1. The highest BCUT2D eigenvalue weighted by Gasteiger charge is 2.00. The van der Waals surface area contributed by atoms with Gasteiger partial charge in [0, 0.05) is 12.7 Å². The molecule has 0 aliphatic rings. The van der Waals surface area contributed by atoms with Gasteiger partial charge in [-0.3, -0.25) is 4.98 Å². The van der Waals surface area contributed by atoms with Crippen molar-refractivity contribution >= 4 is 0 Å². The first-order chi connectivity index (χ1) is 7.90. The number of benzene rings is 1. The van der Waals surface area contributed by atoms with E-state index in [1.807, 2.05) is 36.4 Å². The van der Waals surface area contributed by atoms with Gasteiger partial charge in [0.25, 0.3) is 0 Å². The molecule has 0 radical (unpaired) electrons. The van der Waals surface area contributed by atoms with E-state index in [-0.39, 0.29) is 0 Å². The number of rotatable bonds is 4. The minimum atomic E-state index is 0.527. The van der Waals surface area contributed by atoms with Crippen molar-refractivity contribution in [3.05, 3.63) is 59.9 Å². The molecule has 1 aromatic heterocycles. The zero-order chi connectivity index (χ0) is 11.2. The molecule has 1 heterocycles. The Balaban J connectivity index is 2.05. The molecule has 0 aliphatic heterocycles. The molecule has 0 saturated heterocycles. The maximum atomic E-state index is 5.65. The summed E-state index contributed by atoms with van der Waals surface area (Å²) in [5.74, 6) is 0.773.